The first-order valence-corrected chi connectivity index (χ1v) is 8.31. The van der Waals surface area contributed by atoms with E-state index in [9.17, 15) is 5.11 Å². The average molecular weight is 281 g/mol. The smallest absolute Gasteiger partial charge is 0.0649 e. The molecule has 0 radical (unpaired) electrons. The summed E-state index contributed by atoms with van der Waals surface area (Å²) in [6.07, 6.45) is 6.60. The van der Waals surface area contributed by atoms with Gasteiger partial charge in [-0.1, -0.05) is 19.1 Å². The first-order valence-electron chi connectivity index (χ1n) is 6.55. The summed E-state index contributed by atoms with van der Waals surface area (Å²) in [5, 5.41) is 15.8. The molecule has 3 rings (SSSR count). The average Bonchev–Trinajstić information content (AvgIpc) is 2.97. The molecule has 18 heavy (non-hydrogen) atoms. The zero-order chi connectivity index (χ0) is 12.5. The standard InChI is InChI=1S/C14H19NOS2/c1-9-6-13(12-4-5-17-14(12)18-9)15-11-3-2-10(7-11)8-16/h2-5,9-11,13,15-16H,6-8H2,1H3/t9-,10-,11+,13?/m0/s1. The lowest BCUT2D eigenvalue weighted by Gasteiger charge is -2.30. The molecular weight excluding hydrogens is 262 g/mol. The number of nitrogens with one attached hydrogen (secondary N) is 1. The van der Waals surface area contributed by atoms with Crippen molar-refractivity contribution in [3.63, 3.8) is 0 Å². The molecular formula is C14H19NOS2. The highest BCUT2D eigenvalue weighted by molar-refractivity contribution is 8.01. The number of aliphatic hydroxyl groups excluding tert-OH is 1. The van der Waals surface area contributed by atoms with Crippen LogP contribution in [-0.2, 0) is 0 Å². The van der Waals surface area contributed by atoms with Gasteiger partial charge in [0, 0.05) is 29.9 Å². The predicted molar refractivity (Wildman–Crippen MR) is 78.3 cm³/mol. The van der Waals surface area contributed by atoms with Crippen molar-refractivity contribution in [2.24, 2.45) is 5.92 Å². The van der Waals surface area contributed by atoms with Gasteiger partial charge in [-0.3, -0.25) is 0 Å². The summed E-state index contributed by atoms with van der Waals surface area (Å²) in [4.78, 5) is 0. The van der Waals surface area contributed by atoms with E-state index in [4.69, 9.17) is 0 Å². The summed E-state index contributed by atoms with van der Waals surface area (Å²) in [5.41, 5.74) is 1.48. The summed E-state index contributed by atoms with van der Waals surface area (Å²) >= 11 is 3.87. The maximum atomic E-state index is 9.18. The lowest BCUT2D eigenvalue weighted by molar-refractivity contribution is 0.244. The van der Waals surface area contributed by atoms with Crippen LogP contribution >= 0.6 is 23.1 Å². The summed E-state index contributed by atoms with van der Waals surface area (Å²) in [6, 6.07) is 3.17. The Kier molecular flexibility index (Phi) is 3.80. The van der Waals surface area contributed by atoms with Gasteiger partial charge in [0.05, 0.1) is 4.21 Å². The molecule has 0 bridgehead atoms. The minimum atomic E-state index is 0.273. The van der Waals surface area contributed by atoms with Gasteiger partial charge in [0.15, 0.2) is 0 Å². The zero-order valence-corrected chi connectivity index (χ0v) is 12.1. The fraction of sp³-hybridized carbons (Fsp3) is 0.571. The van der Waals surface area contributed by atoms with Crippen molar-refractivity contribution in [3.8, 4) is 0 Å². The van der Waals surface area contributed by atoms with E-state index in [1.54, 1.807) is 0 Å². The second-order valence-electron chi connectivity index (χ2n) is 5.22. The Bertz CT molecular complexity index is 443. The molecule has 2 N–H and O–H groups in total. The van der Waals surface area contributed by atoms with Gasteiger partial charge < -0.3 is 10.4 Å². The van der Waals surface area contributed by atoms with E-state index in [0.717, 1.165) is 6.42 Å². The van der Waals surface area contributed by atoms with Crippen LogP contribution in [0.15, 0.2) is 27.8 Å². The van der Waals surface area contributed by atoms with E-state index in [1.807, 2.05) is 23.1 Å². The third kappa shape index (κ3) is 2.52. The van der Waals surface area contributed by atoms with Gasteiger partial charge in [-0.2, -0.15) is 0 Å². The monoisotopic (exact) mass is 281 g/mol. The Morgan fingerprint density at radius 2 is 2.28 bits per heavy atom. The molecule has 4 heteroatoms. The van der Waals surface area contributed by atoms with Crippen LogP contribution in [0.4, 0.5) is 0 Å². The molecule has 2 heterocycles. The first kappa shape index (κ1) is 12.7. The zero-order valence-electron chi connectivity index (χ0n) is 10.5. The van der Waals surface area contributed by atoms with Gasteiger partial charge in [-0.25, -0.2) is 0 Å². The third-order valence-corrected chi connectivity index (χ3v) is 6.08. The van der Waals surface area contributed by atoms with Crippen LogP contribution in [0.25, 0.3) is 0 Å². The Balaban J connectivity index is 1.69. The Morgan fingerprint density at radius 3 is 3.06 bits per heavy atom. The van der Waals surface area contributed by atoms with Gasteiger partial charge in [0.25, 0.3) is 0 Å². The molecule has 1 aromatic rings. The summed E-state index contributed by atoms with van der Waals surface area (Å²) < 4.78 is 1.48. The number of aliphatic hydroxyl groups is 1. The number of hydrogen-bond donors (Lipinski definition) is 2. The molecule has 1 aromatic heterocycles. The van der Waals surface area contributed by atoms with Crippen LogP contribution in [0.5, 0.6) is 0 Å². The van der Waals surface area contributed by atoms with E-state index < -0.39 is 0 Å². The van der Waals surface area contributed by atoms with Crippen molar-refractivity contribution >= 4 is 23.1 Å². The SMILES string of the molecule is C[C@H]1CC(N[C@@H]2C=C[C@H](CO)C2)c2ccsc2S1. The minimum Gasteiger partial charge on any atom is -0.396 e. The second kappa shape index (κ2) is 5.37. The van der Waals surface area contributed by atoms with Crippen LogP contribution in [0.2, 0.25) is 0 Å². The Labute approximate surface area is 116 Å². The molecule has 0 saturated heterocycles. The largest absolute Gasteiger partial charge is 0.396 e. The summed E-state index contributed by atoms with van der Waals surface area (Å²) in [7, 11) is 0. The molecule has 2 aliphatic rings. The van der Waals surface area contributed by atoms with E-state index in [0.29, 0.717) is 23.3 Å². The van der Waals surface area contributed by atoms with Crippen LogP contribution in [-0.4, -0.2) is 23.0 Å². The number of fused-ring (bicyclic) bond motifs is 1. The van der Waals surface area contributed by atoms with Crippen molar-refractivity contribution in [1.82, 2.24) is 5.32 Å². The molecule has 2 nitrogen and oxygen atoms in total. The summed E-state index contributed by atoms with van der Waals surface area (Å²) in [5.74, 6) is 0.347. The molecule has 98 valence electrons. The van der Waals surface area contributed by atoms with Crippen LogP contribution in [0.1, 0.15) is 31.4 Å². The van der Waals surface area contributed by atoms with Crippen molar-refractivity contribution < 1.29 is 5.11 Å². The lowest BCUT2D eigenvalue weighted by atomic mass is 10.0. The predicted octanol–water partition coefficient (Wildman–Crippen LogP) is 3.20. The van der Waals surface area contributed by atoms with E-state index in [2.05, 4.69) is 35.8 Å². The molecule has 0 saturated carbocycles. The quantitative estimate of drug-likeness (QED) is 0.835. The summed E-state index contributed by atoms with van der Waals surface area (Å²) in [6.45, 7) is 2.58. The van der Waals surface area contributed by atoms with Gasteiger partial charge in [-0.15, -0.1) is 23.1 Å². The minimum absolute atomic E-state index is 0.273. The lowest BCUT2D eigenvalue weighted by Crippen LogP contribution is -2.33. The highest BCUT2D eigenvalue weighted by atomic mass is 32.2. The number of rotatable bonds is 3. The first-order chi connectivity index (χ1) is 8.76. The molecule has 1 unspecified atom stereocenters. The highest BCUT2D eigenvalue weighted by Crippen LogP contribution is 2.44. The van der Waals surface area contributed by atoms with Gasteiger partial charge in [-0.05, 0) is 29.9 Å². The molecule has 1 aliphatic carbocycles. The highest BCUT2D eigenvalue weighted by Gasteiger charge is 2.29. The topological polar surface area (TPSA) is 32.3 Å². The third-order valence-electron chi connectivity index (χ3n) is 3.73. The number of thioether (sulfide) groups is 1. The number of thiophene rings is 1. The van der Waals surface area contributed by atoms with Gasteiger partial charge >= 0.3 is 0 Å². The fourth-order valence-electron chi connectivity index (χ4n) is 2.80. The van der Waals surface area contributed by atoms with Crippen molar-refractivity contribution in [2.75, 3.05) is 6.61 Å². The van der Waals surface area contributed by atoms with E-state index in [1.165, 1.54) is 16.2 Å². The molecule has 4 atom stereocenters. The number of hydrogen-bond acceptors (Lipinski definition) is 4. The molecule has 0 spiro atoms. The Hall–Kier alpha value is -0.290. The molecule has 0 fully saturated rings. The fourth-order valence-corrected chi connectivity index (χ4v) is 5.37. The normalized spacial score (nSPS) is 34.8. The molecule has 0 aromatic carbocycles. The van der Waals surface area contributed by atoms with Crippen LogP contribution in [0.3, 0.4) is 0 Å². The van der Waals surface area contributed by atoms with Crippen molar-refractivity contribution in [2.45, 2.75) is 41.3 Å². The second-order valence-corrected chi connectivity index (χ2v) is 7.84. The Morgan fingerprint density at radius 1 is 1.39 bits per heavy atom. The maximum Gasteiger partial charge on any atom is 0.0649 e. The van der Waals surface area contributed by atoms with Gasteiger partial charge in [0.1, 0.15) is 0 Å². The maximum absolute atomic E-state index is 9.18. The molecule has 1 aliphatic heterocycles. The molecule has 0 amide bonds. The van der Waals surface area contributed by atoms with E-state index >= 15 is 0 Å². The van der Waals surface area contributed by atoms with Gasteiger partial charge in [0.2, 0.25) is 0 Å². The van der Waals surface area contributed by atoms with E-state index in [-0.39, 0.29) is 6.61 Å². The van der Waals surface area contributed by atoms with Crippen molar-refractivity contribution in [1.29, 1.82) is 0 Å². The van der Waals surface area contributed by atoms with Crippen LogP contribution < -0.4 is 5.32 Å². The van der Waals surface area contributed by atoms with Crippen molar-refractivity contribution in [3.05, 3.63) is 29.2 Å². The van der Waals surface area contributed by atoms with Crippen LogP contribution in [0, 0.1) is 5.92 Å².